The standard InChI is InChI=1S/C23H23NO5/c1-13(2)29-20(11-25)22-21(15-6-8-18-19(10-15)28-12-27-18)17-9-14(3)5-7-16(17)23(26)24(22)4/h5-11,13,20H,12H2,1-4H3. The van der Waals surface area contributed by atoms with Gasteiger partial charge >= 0.3 is 0 Å². The van der Waals surface area contributed by atoms with Gasteiger partial charge in [0.2, 0.25) is 6.79 Å². The highest BCUT2D eigenvalue weighted by atomic mass is 16.7. The van der Waals surface area contributed by atoms with Gasteiger partial charge in [-0.25, -0.2) is 0 Å². The molecule has 1 aliphatic rings. The van der Waals surface area contributed by atoms with Gasteiger partial charge in [-0.15, -0.1) is 0 Å². The molecule has 0 saturated heterocycles. The topological polar surface area (TPSA) is 66.8 Å². The highest BCUT2D eigenvalue weighted by Gasteiger charge is 2.26. The predicted octanol–water partition coefficient (Wildman–Crippen LogP) is 3.91. The first-order valence-electron chi connectivity index (χ1n) is 9.54. The summed E-state index contributed by atoms with van der Waals surface area (Å²) in [5, 5.41) is 1.37. The number of carbonyl (C=O) groups excluding carboxylic acids is 1. The Kier molecular flexibility index (Phi) is 4.88. The van der Waals surface area contributed by atoms with Crippen molar-refractivity contribution in [3.8, 4) is 22.6 Å². The number of aromatic nitrogens is 1. The van der Waals surface area contributed by atoms with Gasteiger partial charge in [-0.1, -0.05) is 23.8 Å². The fourth-order valence-corrected chi connectivity index (χ4v) is 3.79. The Morgan fingerprint density at radius 2 is 1.83 bits per heavy atom. The van der Waals surface area contributed by atoms with Crippen LogP contribution < -0.4 is 15.0 Å². The molecule has 0 fully saturated rings. The van der Waals surface area contributed by atoms with Gasteiger partial charge in [0.15, 0.2) is 23.9 Å². The normalized spacial score (nSPS) is 13.8. The SMILES string of the molecule is Cc1ccc2c(=O)n(C)c(C(C=O)OC(C)C)c(-c3ccc4c(c3)OCO4)c2c1. The van der Waals surface area contributed by atoms with Crippen molar-refractivity contribution in [3.63, 3.8) is 0 Å². The van der Waals surface area contributed by atoms with E-state index in [-0.39, 0.29) is 18.5 Å². The molecule has 3 aromatic rings. The molecule has 2 aromatic carbocycles. The highest BCUT2D eigenvalue weighted by molar-refractivity contribution is 5.99. The van der Waals surface area contributed by atoms with Crippen molar-refractivity contribution in [2.45, 2.75) is 33.0 Å². The van der Waals surface area contributed by atoms with E-state index in [0.717, 1.165) is 28.4 Å². The zero-order valence-corrected chi connectivity index (χ0v) is 16.9. The van der Waals surface area contributed by atoms with Crippen LogP contribution in [-0.2, 0) is 16.6 Å². The molecular weight excluding hydrogens is 370 g/mol. The van der Waals surface area contributed by atoms with E-state index in [1.54, 1.807) is 7.05 Å². The van der Waals surface area contributed by atoms with E-state index in [1.807, 2.05) is 57.2 Å². The van der Waals surface area contributed by atoms with Gasteiger partial charge in [-0.3, -0.25) is 4.79 Å². The minimum atomic E-state index is -0.877. The number of aryl methyl sites for hydroxylation is 1. The summed E-state index contributed by atoms with van der Waals surface area (Å²) in [5.41, 5.74) is 2.98. The van der Waals surface area contributed by atoms with Crippen LogP contribution in [0.3, 0.4) is 0 Å². The molecule has 0 aliphatic carbocycles. The Labute approximate surface area is 168 Å². The lowest BCUT2D eigenvalue weighted by Crippen LogP contribution is -2.26. The van der Waals surface area contributed by atoms with E-state index in [4.69, 9.17) is 14.2 Å². The number of nitrogens with zero attached hydrogens (tertiary/aromatic N) is 1. The predicted molar refractivity (Wildman–Crippen MR) is 111 cm³/mol. The number of pyridine rings is 1. The molecule has 0 bridgehead atoms. The largest absolute Gasteiger partial charge is 0.454 e. The van der Waals surface area contributed by atoms with Crippen LogP contribution in [0.25, 0.3) is 21.9 Å². The number of carbonyl (C=O) groups is 1. The lowest BCUT2D eigenvalue weighted by molar-refractivity contribution is -0.121. The second-order valence-corrected chi connectivity index (χ2v) is 7.48. The first kappa shape index (κ1) is 19.2. The quantitative estimate of drug-likeness (QED) is 0.615. The van der Waals surface area contributed by atoms with Crippen LogP contribution in [0.2, 0.25) is 0 Å². The van der Waals surface area contributed by atoms with Crippen molar-refractivity contribution in [3.05, 3.63) is 58.0 Å². The maximum Gasteiger partial charge on any atom is 0.258 e. The first-order valence-corrected chi connectivity index (χ1v) is 9.54. The third-order valence-corrected chi connectivity index (χ3v) is 5.07. The Balaban J connectivity index is 2.10. The van der Waals surface area contributed by atoms with Gasteiger partial charge in [0.1, 0.15) is 0 Å². The fourth-order valence-electron chi connectivity index (χ4n) is 3.79. The van der Waals surface area contributed by atoms with Crippen molar-refractivity contribution in [1.82, 2.24) is 4.57 Å². The summed E-state index contributed by atoms with van der Waals surface area (Å²) < 4.78 is 18.4. The van der Waals surface area contributed by atoms with Crippen LogP contribution in [0, 0.1) is 6.92 Å². The van der Waals surface area contributed by atoms with Crippen LogP contribution >= 0.6 is 0 Å². The highest BCUT2D eigenvalue weighted by Crippen LogP contribution is 2.40. The molecule has 1 unspecified atom stereocenters. The number of hydrogen-bond donors (Lipinski definition) is 0. The van der Waals surface area contributed by atoms with Crippen molar-refractivity contribution >= 4 is 17.1 Å². The maximum absolute atomic E-state index is 13.1. The summed E-state index contributed by atoms with van der Waals surface area (Å²) in [4.78, 5) is 25.1. The molecule has 0 spiro atoms. The number of fused-ring (bicyclic) bond motifs is 2. The Morgan fingerprint density at radius 3 is 2.55 bits per heavy atom. The third kappa shape index (κ3) is 3.29. The summed E-state index contributed by atoms with van der Waals surface area (Å²) >= 11 is 0. The molecule has 1 atom stereocenters. The fraction of sp³-hybridized carbons (Fsp3) is 0.304. The number of rotatable bonds is 5. The molecular formula is C23H23NO5. The van der Waals surface area contributed by atoms with Crippen molar-refractivity contribution in [1.29, 1.82) is 0 Å². The molecule has 29 heavy (non-hydrogen) atoms. The van der Waals surface area contributed by atoms with E-state index in [2.05, 4.69) is 0 Å². The molecule has 0 amide bonds. The number of hydrogen-bond acceptors (Lipinski definition) is 5. The van der Waals surface area contributed by atoms with Gasteiger partial charge in [-0.05, 0) is 49.9 Å². The number of ether oxygens (including phenoxy) is 3. The minimum Gasteiger partial charge on any atom is -0.454 e. The molecule has 0 N–H and O–H groups in total. The van der Waals surface area contributed by atoms with Gasteiger partial charge in [0.05, 0.1) is 11.8 Å². The van der Waals surface area contributed by atoms with E-state index >= 15 is 0 Å². The molecule has 6 heteroatoms. The monoisotopic (exact) mass is 393 g/mol. The lowest BCUT2D eigenvalue weighted by Gasteiger charge is -2.23. The molecule has 6 nitrogen and oxygen atoms in total. The van der Waals surface area contributed by atoms with E-state index < -0.39 is 6.10 Å². The van der Waals surface area contributed by atoms with Gasteiger partial charge < -0.3 is 23.6 Å². The molecule has 4 rings (SSSR count). The molecule has 2 heterocycles. The van der Waals surface area contributed by atoms with Crippen LogP contribution in [-0.4, -0.2) is 23.8 Å². The van der Waals surface area contributed by atoms with Crippen LogP contribution in [0.4, 0.5) is 0 Å². The van der Waals surface area contributed by atoms with E-state index in [9.17, 15) is 9.59 Å². The van der Waals surface area contributed by atoms with Crippen molar-refractivity contribution < 1.29 is 19.0 Å². The average Bonchev–Trinajstić information content (AvgIpc) is 3.16. The van der Waals surface area contributed by atoms with Crippen LogP contribution in [0.5, 0.6) is 11.5 Å². The smallest absolute Gasteiger partial charge is 0.258 e. The first-order chi connectivity index (χ1) is 13.9. The van der Waals surface area contributed by atoms with E-state index in [0.29, 0.717) is 22.6 Å². The minimum absolute atomic E-state index is 0.168. The second kappa shape index (κ2) is 7.37. The Morgan fingerprint density at radius 1 is 1.07 bits per heavy atom. The van der Waals surface area contributed by atoms with Gasteiger partial charge in [0, 0.05) is 18.0 Å². The molecule has 150 valence electrons. The molecule has 0 radical (unpaired) electrons. The van der Waals surface area contributed by atoms with Gasteiger partial charge in [0.25, 0.3) is 5.56 Å². The second-order valence-electron chi connectivity index (χ2n) is 7.48. The maximum atomic E-state index is 13.1. The summed E-state index contributed by atoms with van der Waals surface area (Å²) in [6.45, 7) is 5.87. The number of aldehydes is 1. The molecule has 1 aromatic heterocycles. The zero-order chi connectivity index (χ0) is 20.7. The molecule has 1 aliphatic heterocycles. The summed E-state index contributed by atoms with van der Waals surface area (Å²) in [6.07, 6.45) is -0.316. The summed E-state index contributed by atoms with van der Waals surface area (Å²) in [6, 6.07) is 11.3. The van der Waals surface area contributed by atoms with Crippen molar-refractivity contribution in [2.24, 2.45) is 7.05 Å². The number of benzene rings is 2. The zero-order valence-electron chi connectivity index (χ0n) is 16.9. The van der Waals surface area contributed by atoms with Crippen LogP contribution in [0.15, 0.2) is 41.2 Å². The summed E-state index contributed by atoms with van der Waals surface area (Å²) in [7, 11) is 1.67. The lowest BCUT2D eigenvalue weighted by atomic mass is 9.93. The van der Waals surface area contributed by atoms with Crippen molar-refractivity contribution in [2.75, 3.05) is 6.79 Å². The summed E-state index contributed by atoms with van der Waals surface area (Å²) in [5.74, 6) is 1.31. The van der Waals surface area contributed by atoms with Gasteiger partial charge in [-0.2, -0.15) is 0 Å². The van der Waals surface area contributed by atoms with E-state index in [1.165, 1.54) is 4.57 Å². The Hall–Kier alpha value is -3.12. The average molecular weight is 393 g/mol. The third-order valence-electron chi connectivity index (χ3n) is 5.07. The molecule has 0 saturated carbocycles. The Bertz CT molecular complexity index is 1160. The van der Waals surface area contributed by atoms with Crippen LogP contribution in [0.1, 0.15) is 31.2 Å².